The molecule has 1 heterocycles. The predicted molar refractivity (Wildman–Crippen MR) is 60.2 cm³/mol. The highest BCUT2D eigenvalue weighted by atomic mass is 79.9. The Hall–Kier alpha value is -0.740. The lowest BCUT2D eigenvalue weighted by molar-refractivity contribution is 1.23. The molecule has 5 heteroatoms. The first-order valence-corrected chi connectivity index (χ1v) is 4.75. The Balaban J connectivity index is 2.72. The number of nitrogens with two attached hydrogens (primary N) is 1. The predicted octanol–water partition coefficient (Wildman–Crippen LogP) is 2.64. The number of anilines is 2. The molecule has 0 radical (unpaired) electrons. The lowest BCUT2D eigenvalue weighted by Gasteiger charge is -2.06. The van der Waals surface area contributed by atoms with Gasteiger partial charge < -0.3 is 11.1 Å². The normalized spacial score (nSPS) is 9.69. The average Bonchev–Trinajstić information content (AvgIpc) is 2.02. The minimum atomic E-state index is 0.528. The summed E-state index contributed by atoms with van der Waals surface area (Å²) in [7, 11) is 0. The van der Waals surface area contributed by atoms with Gasteiger partial charge in [-0.2, -0.15) is 0 Å². The van der Waals surface area contributed by atoms with E-state index in [2.05, 4.69) is 32.8 Å². The maximum absolute atomic E-state index is 5.68. The van der Waals surface area contributed by atoms with Crippen LogP contribution in [0.2, 0.25) is 5.02 Å². The second-order valence-corrected chi connectivity index (χ2v) is 4.02. The van der Waals surface area contributed by atoms with Crippen molar-refractivity contribution in [3.63, 3.8) is 0 Å². The summed E-state index contributed by atoms with van der Waals surface area (Å²) in [5, 5.41) is 3.53. The van der Waals surface area contributed by atoms with E-state index in [1.165, 1.54) is 6.20 Å². The molecule has 1 aromatic rings. The van der Waals surface area contributed by atoms with Crippen LogP contribution in [0.5, 0.6) is 0 Å². The largest absolute Gasteiger partial charge is 0.396 e. The van der Waals surface area contributed by atoms with Crippen molar-refractivity contribution >= 4 is 39.0 Å². The van der Waals surface area contributed by atoms with E-state index in [0.717, 1.165) is 4.48 Å². The Morgan fingerprint density at radius 3 is 3.00 bits per heavy atom. The minimum absolute atomic E-state index is 0.528. The van der Waals surface area contributed by atoms with Crippen molar-refractivity contribution in [3.05, 3.63) is 28.3 Å². The Morgan fingerprint density at radius 2 is 2.46 bits per heavy atom. The summed E-state index contributed by atoms with van der Waals surface area (Å²) in [5.74, 6) is 0.616. The fourth-order valence-corrected chi connectivity index (χ4v) is 1.09. The standard InChI is InChI=1S/C8H9BrClN3/c1-5(9)3-12-8-7(11)2-6(10)4-13-8/h2,4H,1,3,11H2,(H,12,13). The van der Waals surface area contributed by atoms with Crippen molar-refractivity contribution in [1.82, 2.24) is 4.98 Å². The molecule has 70 valence electrons. The highest BCUT2D eigenvalue weighted by Crippen LogP contribution is 2.19. The van der Waals surface area contributed by atoms with Gasteiger partial charge in [-0.05, 0) is 6.07 Å². The first-order valence-electron chi connectivity index (χ1n) is 3.58. The third-order valence-corrected chi connectivity index (χ3v) is 1.82. The molecule has 0 aromatic carbocycles. The number of hydrogen-bond acceptors (Lipinski definition) is 3. The molecule has 0 unspecified atom stereocenters. The molecule has 1 aromatic heterocycles. The summed E-state index contributed by atoms with van der Waals surface area (Å²) in [6, 6.07) is 1.65. The smallest absolute Gasteiger partial charge is 0.149 e. The number of pyridine rings is 1. The number of hydrogen-bond donors (Lipinski definition) is 2. The second-order valence-electron chi connectivity index (χ2n) is 2.46. The van der Waals surface area contributed by atoms with Crippen molar-refractivity contribution in [3.8, 4) is 0 Å². The van der Waals surface area contributed by atoms with E-state index in [-0.39, 0.29) is 0 Å². The van der Waals surface area contributed by atoms with Crippen LogP contribution in [0.4, 0.5) is 11.5 Å². The van der Waals surface area contributed by atoms with E-state index in [0.29, 0.717) is 23.1 Å². The van der Waals surface area contributed by atoms with Crippen LogP contribution in [-0.2, 0) is 0 Å². The van der Waals surface area contributed by atoms with Crippen molar-refractivity contribution in [2.24, 2.45) is 0 Å². The Kier molecular flexibility index (Phi) is 3.57. The maximum atomic E-state index is 5.68. The summed E-state index contributed by atoms with van der Waals surface area (Å²) in [6.07, 6.45) is 1.54. The SMILES string of the molecule is C=C(Br)CNc1ncc(Cl)cc1N. The summed E-state index contributed by atoms with van der Waals surface area (Å²) < 4.78 is 0.837. The van der Waals surface area contributed by atoms with Crippen molar-refractivity contribution < 1.29 is 0 Å². The van der Waals surface area contributed by atoms with Crippen LogP contribution in [0.25, 0.3) is 0 Å². The van der Waals surface area contributed by atoms with Gasteiger partial charge in [0.15, 0.2) is 0 Å². The average molecular weight is 263 g/mol. The molecule has 0 spiro atoms. The van der Waals surface area contributed by atoms with E-state index in [1.54, 1.807) is 6.07 Å². The summed E-state index contributed by atoms with van der Waals surface area (Å²) in [5.41, 5.74) is 6.18. The molecule has 3 N–H and O–H groups in total. The van der Waals surface area contributed by atoms with E-state index in [4.69, 9.17) is 17.3 Å². The lowest BCUT2D eigenvalue weighted by Crippen LogP contribution is -2.05. The number of aromatic nitrogens is 1. The lowest BCUT2D eigenvalue weighted by atomic mass is 10.4. The van der Waals surface area contributed by atoms with Crippen molar-refractivity contribution in [2.75, 3.05) is 17.6 Å². The molecular weight excluding hydrogens is 253 g/mol. The molecule has 0 fully saturated rings. The molecule has 0 atom stereocenters. The van der Waals surface area contributed by atoms with Gasteiger partial charge in [0.2, 0.25) is 0 Å². The summed E-state index contributed by atoms with van der Waals surface area (Å²) >= 11 is 8.90. The Bertz CT molecular complexity index is 327. The van der Waals surface area contributed by atoms with Gasteiger partial charge in [-0.1, -0.05) is 34.1 Å². The quantitative estimate of drug-likeness (QED) is 0.880. The number of rotatable bonds is 3. The maximum Gasteiger partial charge on any atom is 0.149 e. The van der Waals surface area contributed by atoms with Gasteiger partial charge >= 0.3 is 0 Å². The van der Waals surface area contributed by atoms with Crippen LogP contribution in [0.3, 0.4) is 0 Å². The molecule has 0 bridgehead atoms. The zero-order valence-corrected chi connectivity index (χ0v) is 9.19. The third kappa shape index (κ3) is 3.24. The molecule has 0 aliphatic rings. The number of halogens is 2. The molecule has 0 aliphatic heterocycles. The van der Waals surface area contributed by atoms with E-state index < -0.39 is 0 Å². The summed E-state index contributed by atoms with van der Waals surface area (Å²) in [4.78, 5) is 4.02. The van der Waals surface area contributed by atoms with Gasteiger partial charge in [-0.25, -0.2) is 4.98 Å². The van der Waals surface area contributed by atoms with E-state index >= 15 is 0 Å². The zero-order chi connectivity index (χ0) is 9.84. The Morgan fingerprint density at radius 1 is 1.77 bits per heavy atom. The highest BCUT2D eigenvalue weighted by Gasteiger charge is 2.00. The molecule has 1 rings (SSSR count). The van der Waals surface area contributed by atoms with Gasteiger partial charge in [-0.3, -0.25) is 0 Å². The molecule has 0 saturated carbocycles. The molecule has 0 amide bonds. The zero-order valence-electron chi connectivity index (χ0n) is 6.85. The third-order valence-electron chi connectivity index (χ3n) is 1.33. The molecule has 0 saturated heterocycles. The van der Waals surface area contributed by atoms with Crippen LogP contribution in [-0.4, -0.2) is 11.5 Å². The van der Waals surface area contributed by atoms with Gasteiger partial charge in [0.05, 0.1) is 10.7 Å². The minimum Gasteiger partial charge on any atom is -0.396 e. The topological polar surface area (TPSA) is 50.9 Å². The van der Waals surface area contributed by atoms with Crippen LogP contribution in [0.15, 0.2) is 23.3 Å². The van der Waals surface area contributed by atoms with E-state index in [9.17, 15) is 0 Å². The summed E-state index contributed by atoms with van der Waals surface area (Å²) in [6.45, 7) is 4.26. The molecular formula is C8H9BrClN3. The first kappa shape index (κ1) is 10.3. The number of nitrogens with one attached hydrogen (secondary N) is 1. The van der Waals surface area contributed by atoms with E-state index in [1.807, 2.05) is 0 Å². The van der Waals surface area contributed by atoms with Gasteiger partial charge in [0.25, 0.3) is 0 Å². The van der Waals surface area contributed by atoms with Crippen LogP contribution in [0.1, 0.15) is 0 Å². The number of nitrogen functional groups attached to an aromatic ring is 1. The monoisotopic (exact) mass is 261 g/mol. The highest BCUT2D eigenvalue weighted by molar-refractivity contribution is 9.11. The first-order chi connectivity index (χ1) is 6.09. The Labute approximate surface area is 90.1 Å². The molecule has 3 nitrogen and oxygen atoms in total. The van der Waals surface area contributed by atoms with Gasteiger partial charge in [0.1, 0.15) is 5.82 Å². The molecule has 0 aliphatic carbocycles. The van der Waals surface area contributed by atoms with Crippen molar-refractivity contribution in [1.29, 1.82) is 0 Å². The van der Waals surface area contributed by atoms with Crippen LogP contribution in [0, 0.1) is 0 Å². The van der Waals surface area contributed by atoms with Crippen LogP contribution < -0.4 is 11.1 Å². The van der Waals surface area contributed by atoms with Gasteiger partial charge in [-0.15, -0.1) is 0 Å². The fraction of sp³-hybridized carbons (Fsp3) is 0.125. The number of nitrogens with zero attached hydrogens (tertiary/aromatic N) is 1. The fourth-order valence-electron chi connectivity index (χ4n) is 0.782. The van der Waals surface area contributed by atoms with Crippen LogP contribution >= 0.6 is 27.5 Å². The molecule has 13 heavy (non-hydrogen) atoms. The second kappa shape index (κ2) is 4.48. The van der Waals surface area contributed by atoms with Crippen molar-refractivity contribution in [2.45, 2.75) is 0 Å². The van der Waals surface area contributed by atoms with Gasteiger partial charge in [0, 0.05) is 17.2 Å².